The van der Waals surface area contributed by atoms with Gasteiger partial charge >= 0.3 is 5.97 Å². The molecule has 0 aromatic rings. The van der Waals surface area contributed by atoms with Crippen LogP contribution in [0.3, 0.4) is 0 Å². The Hall–Kier alpha value is -4.56. The maximum atomic E-state index is 13.8. The van der Waals surface area contributed by atoms with Crippen LogP contribution in [0.5, 0.6) is 0 Å². The van der Waals surface area contributed by atoms with E-state index in [0.29, 0.717) is 64.5 Å². The number of guanidine groups is 1. The summed E-state index contributed by atoms with van der Waals surface area (Å²) in [6.45, 7) is -0.145. The lowest BCUT2D eigenvalue weighted by Gasteiger charge is -2.33. The van der Waals surface area contributed by atoms with E-state index in [0.717, 1.165) is 0 Å². The highest BCUT2D eigenvalue weighted by atomic mass is 16.4. The third kappa shape index (κ3) is 15.0. The number of unbranched alkanes of at least 4 members (excludes halogenated alkanes) is 2. The van der Waals surface area contributed by atoms with E-state index in [1.165, 1.54) is 0 Å². The monoisotopic (exact) mass is 739 g/mol. The zero-order valence-electron chi connectivity index (χ0n) is 29.6. The summed E-state index contributed by atoms with van der Waals surface area (Å²) in [5.41, 5.74) is 22.2. The highest BCUT2D eigenvalue weighted by Crippen LogP contribution is 2.25. The predicted octanol–water partition coefficient (Wildman–Crippen LogP) is -4.12. The molecule has 0 aromatic carbocycles. The number of aliphatic carboxylic acids is 1. The van der Waals surface area contributed by atoms with Crippen molar-refractivity contribution >= 4 is 47.4 Å². The number of nitrogens with one attached hydrogen (secondary N) is 6. The summed E-state index contributed by atoms with van der Waals surface area (Å²) in [6.07, 6.45) is 3.56. The van der Waals surface area contributed by atoms with E-state index in [1.54, 1.807) is 0 Å². The Labute approximate surface area is 302 Å². The number of amides is 6. The molecule has 16 N–H and O–H groups in total. The average molecular weight is 740 g/mol. The van der Waals surface area contributed by atoms with Gasteiger partial charge < -0.3 is 65.0 Å². The molecular formula is C32H57N11O9. The van der Waals surface area contributed by atoms with Crippen LogP contribution in [-0.2, 0) is 33.6 Å². The summed E-state index contributed by atoms with van der Waals surface area (Å²) < 4.78 is 0. The Morgan fingerprint density at radius 3 is 1.56 bits per heavy atom. The number of rotatable bonds is 15. The average Bonchev–Trinajstić information content (AvgIpc) is 3.09. The highest BCUT2D eigenvalue weighted by Gasteiger charge is 2.38. The molecule has 0 radical (unpaired) electrons. The summed E-state index contributed by atoms with van der Waals surface area (Å²) >= 11 is 0. The lowest BCUT2D eigenvalue weighted by molar-refractivity contribution is -0.141. The summed E-state index contributed by atoms with van der Waals surface area (Å²) in [6, 6.07) is -7.54. The Morgan fingerprint density at radius 1 is 0.615 bits per heavy atom. The standard InChI is InChI=1S/C32H57N11O9/c33-13-5-3-10-20-28(49)40-22(12-7-15-37-32(35)36)27(48)38-19-9-2-1-8-18(19)26(47)42-23(16-25(45)46)30(51)43-24(17-44)31(52)41-21(29(50)39-20)11-4-6-14-34/h18-24,44H,1-17,33-34H2,(H,38,48)(H,39,50)(H,40,49)(H,41,52)(H,42,47)(H,43,51)(H,45,46)(H4,35,36,37)/t18-,19-,20-,21-,22-,23-,24-/m0/s1. The second-order valence-corrected chi connectivity index (χ2v) is 13.1. The normalized spacial score (nSPS) is 26.8. The molecule has 0 aromatic heterocycles. The largest absolute Gasteiger partial charge is 0.481 e. The topological polar surface area (TPSA) is 349 Å². The van der Waals surface area contributed by atoms with Gasteiger partial charge in [0.2, 0.25) is 35.4 Å². The van der Waals surface area contributed by atoms with Crippen LogP contribution < -0.4 is 54.8 Å². The number of carbonyl (C=O) groups is 7. The Kier molecular flexibility index (Phi) is 19.4. The summed E-state index contributed by atoms with van der Waals surface area (Å²) in [4.78, 5) is 97.2. The number of nitrogens with zero attached hydrogens (tertiary/aromatic N) is 1. The molecule has 2 fully saturated rings. The van der Waals surface area contributed by atoms with Crippen molar-refractivity contribution in [2.75, 3.05) is 26.2 Å². The molecule has 294 valence electrons. The van der Waals surface area contributed by atoms with Crippen LogP contribution in [0, 0.1) is 5.92 Å². The third-order valence-corrected chi connectivity index (χ3v) is 9.00. The van der Waals surface area contributed by atoms with Crippen molar-refractivity contribution in [1.82, 2.24) is 31.9 Å². The number of hydrogen-bond donors (Lipinski definition) is 12. The van der Waals surface area contributed by atoms with Gasteiger partial charge in [0, 0.05) is 12.6 Å². The molecule has 7 atom stereocenters. The number of nitrogens with two attached hydrogens (primary N) is 4. The quantitative estimate of drug-likeness (QED) is 0.0432. The first-order chi connectivity index (χ1) is 24.8. The number of aliphatic hydroxyl groups excluding tert-OH is 1. The number of fused-ring (bicyclic) bond motifs is 1. The molecule has 20 nitrogen and oxygen atoms in total. The van der Waals surface area contributed by atoms with E-state index in [9.17, 15) is 43.8 Å². The van der Waals surface area contributed by atoms with Gasteiger partial charge in [0.05, 0.1) is 18.9 Å². The number of aliphatic hydroxyl groups is 1. The molecular weight excluding hydrogens is 682 g/mol. The fourth-order valence-corrected chi connectivity index (χ4v) is 6.14. The molecule has 1 heterocycles. The minimum atomic E-state index is -1.65. The van der Waals surface area contributed by atoms with E-state index in [4.69, 9.17) is 22.9 Å². The second-order valence-electron chi connectivity index (χ2n) is 13.1. The van der Waals surface area contributed by atoms with Gasteiger partial charge in [-0.15, -0.1) is 0 Å². The summed E-state index contributed by atoms with van der Waals surface area (Å²) in [5.74, 6) is -7.18. The fraction of sp³-hybridized carbons (Fsp3) is 0.750. The lowest BCUT2D eigenvalue weighted by atomic mass is 9.83. The van der Waals surface area contributed by atoms with E-state index in [1.807, 2.05) is 0 Å². The van der Waals surface area contributed by atoms with Crippen LogP contribution in [0.25, 0.3) is 0 Å². The van der Waals surface area contributed by atoms with Gasteiger partial charge in [-0.05, 0) is 77.3 Å². The van der Waals surface area contributed by atoms with Crippen molar-refractivity contribution in [3.63, 3.8) is 0 Å². The van der Waals surface area contributed by atoms with Gasteiger partial charge in [-0.1, -0.05) is 12.8 Å². The molecule has 2 aliphatic rings. The van der Waals surface area contributed by atoms with E-state index < -0.39 is 96.6 Å². The smallest absolute Gasteiger partial charge is 0.305 e. The first-order valence-corrected chi connectivity index (χ1v) is 17.9. The van der Waals surface area contributed by atoms with E-state index >= 15 is 0 Å². The Balaban J connectivity index is 2.58. The molecule has 1 saturated heterocycles. The molecule has 52 heavy (non-hydrogen) atoms. The molecule has 1 aliphatic heterocycles. The molecule has 2 rings (SSSR count). The molecule has 0 bridgehead atoms. The number of hydrogen-bond acceptors (Lipinski definition) is 11. The number of aliphatic imine (C=N–C) groups is 1. The third-order valence-electron chi connectivity index (χ3n) is 9.00. The van der Waals surface area contributed by atoms with Gasteiger partial charge in [0.1, 0.15) is 30.2 Å². The molecule has 1 saturated carbocycles. The maximum Gasteiger partial charge on any atom is 0.305 e. The summed E-state index contributed by atoms with van der Waals surface area (Å²) in [5, 5.41) is 35.1. The first kappa shape index (κ1) is 43.6. The van der Waals surface area contributed by atoms with Crippen molar-refractivity contribution in [1.29, 1.82) is 0 Å². The first-order valence-electron chi connectivity index (χ1n) is 17.9. The molecule has 20 heteroatoms. The minimum absolute atomic E-state index is 0.0777. The highest BCUT2D eigenvalue weighted by molar-refractivity contribution is 5.97. The van der Waals surface area contributed by atoms with Gasteiger partial charge in [0.25, 0.3) is 0 Å². The zero-order valence-corrected chi connectivity index (χ0v) is 29.6. The van der Waals surface area contributed by atoms with Crippen LogP contribution >= 0.6 is 0 Å². The zero-order chi connectivity index (χ0) is 38.6. The van der Waals surface area contributed by atoms with Crippen molar-refractivity contribution in [3.05, 3.63) is 0 Å². The van der Waals surface area contributed by atoms with Crippen LogP contribution in [0.4, 0.5) is 0 Å². The minimum Gasteiger partial charge on any atom is -0.481 e. The number of carboxylic acids is 1. The SMILES string of the molecule is NCCCC[C@@H]1NC(=O)[C@H](CO)NC(=O)[C@H](CC(=O)O)NC(=O)[C@H]2CCCC[C@@H]2NC(=O)[C@H](CCCN=C(N)N)NC(=O)[C@H](CCCCN)NC1=O. The number of carboxylic acid groups (broad SMARTS) is 1. The Bertz CT molecular complexity index is 1260. The molecule has 0 unspecified atom stereocenters. The van der Waals surface area contributed by atoms with E-state index in [-0.39, 0.29) is 38.2 Å². The maximum absolute atomic E-state index is 13.8. The van der Waals surface area contributed by atoms with Crippen LogP contribution in [0.1, 0.15) is 83.5 Å². The van der Waals surface area contributed by atoms with Crippen LogP contribution in [-0.4, -0.2) is 120 Å². The molecule has 6 amide bonds. The van der Waals surface area contributed by atoms with Crippen molar-refractivity contribution in [2.24, 2.45) is 33.8 Å². The molecule has 1 aliphatic carbocycles. The van der Waals surface area contributed by atoms with Crippen LogP contribution in [0.15, 0.2) is 4.99 Å². The predicted molar refractivity (Wildman–Crippen MR) is 189 cm³/mol. The van der Waals surface area contributed by atoms with E-state index in [2.05, 4.69) is 36.9 Å². The van der Waals surface area contributed by atoms with Gasteiger partial charge in [-0.25, -0.2) is 0 Å². The van der Waals surface area contributed by atoms with Crippen LogP contribution in [0.2, 0.25) is 0 Å². The van der Waals surface area contributed by atoms with Crippen molar-refractivity contribution < 1.29 is 43.8 Å². The van der Waals surface area contributed by atoms with Gasteiger partial charge in [-0.3, -0.25) is 38.6 Å². The lowest BCUT2D eigenvalue weighted by Crippen LogP contribution is -2.59. The summed E-state index contributed by atoms with van der Waals surface area (Å²) in [7, 11) is 0. The molecule has 0 spiro atoms. The number of carbonyl (C=O) groups excluding carboxylic acids is 6. The van der Waals surface area contributed by atoms with Gasteiger partial charge in [-0.2, -0.15) is 0 Å². The van der Waals surface area contributed by atoms with Crippen molar-refractivity contribution in [3.8, 4) is 0 Å². The Morgan fingerprint density at radius 2 is 1.06 bits per heavy atom. The van der Waals surface area contributed by atoms with Crippen molar-refractivity contribution in [2.45, 2.75) is 120 Å². The fourth-order valence-electron chi connectivity index (χ4n) is 6.14. The second kappa shape index (κ2) is 23.1. The van der Waals surface area contributed by atoms with Gasteiger partial charge in [0.15, 0.2) is 5.96 Å².